The number of aromatic nitrogens is 1. The molecule has 0 aromatic carbocycles. The normalized spacial score (nSPS) is 11.4. The number of sulfonamides is 1. The Bertz CT molecular complexity index is 448. The molecule has 1 heterocycles. The summed E-state index contributed by atoms with van der Waals surface area (Å²) in [5.74, 6) is 0. The number of methoxy groups -OCH3 is 1. The molecule has 1 aromatic rings. The lowest BCUT2D eigenvalue weighted by atomic mass is 10.4. The molecule has 2 N–H and O–H groups in total. The zero-order chi connectivity index (χ0) is 12.7. The van der Waals surface area contributed by atoms with Gasteiger partial charge in [0.05, 0.1) is 12.3 Å². The van der Waals surface area contributed by atoms with Gasteiger partial charge in [0, 0.05) is 32.6 Å². The molecule has 0 fully saturated rings. The monoisotopic (exact) mass is 259 g/mol. The van der Waals surface area contributed by atoms with E-state index in [0.29, 0.717) is 18.8 Å². The molecular formula is C10H17N3O3S. The highest BCUT2D eigenvalue weighted by Gasteiger charge is 2.17. The van der Waals surface area contributed by atoms with E-state index in [1.807, 2.05) is 6.92 Å². The molecule has 7 heteroatoms. The largest absolute Gasteiger partial charge is 0.384 e. The molecule has 6 nitrogen and oxygen atoms in total. The number of hydrogen-bond donors (Lipinski definition) is 2. The Morgan fingerprint density at radius 1 is 1.47 bits per heavy atom. The first kappa shape index (κ1) is 13.9. The quantitative estimate of drug-likeness (QED) is 0.694. The van der Waals surface area contributed by atoms with Gasteiger partial charge in [0.2, 0.25) is 10.0 Å². The fourth-order valence-electron chi connectivity index (χ4n) is 1.29. The molecule has 0 aliphatic heterocycles. The summed E-state index contributed by atoms with van der Waals surface area (Å²) in [6.45, 7) is 3.11. The first-order valence-electron chi connectivity index (χ1n) is 5.28. The highest BCUT2D eigenvalue weighted by molar-refractivity contribution is 7.89. The lowest BCUT2D eigenvalue weighted by Crippen LogP contribution is -2.28. The minimum Gasteiger partial charge on any atom is -0.384 e. The third-order valence-electron chi connectivity index (χ3n) is 2.04. The van der Waals surface area contributed by atoms with E-state index < -0.39 is 10.0 Å². The van der Waals surface area contributed by atoms with Crippen LogP contribution in [-0.2, 0) is 14.8 Å². The summed E-state index contributed by atoms with van der Waals surface area (Å²) in [5.41, 5.74) is 0.549. The topological polar surface area (TPSA) is 80.3 Å². The van der Waals surface area contributed by atoms with Gasteiger partial charge in [0.25, 0.3) is 0 Å². The second-order valence-electron chi connectivity index (χ2n) is 3.29. The second kappa shape index (κ2) is 6.53. The van der Waals surface area contributed by atoms with Crippen LogP contribution in [0.15, 0.2) is 23.4 Å². The van der Waals surface area contributed by atoms with E-state index in [1.54, 1.807) is 12.3 Å². The minimum atomic E-state index is -3.54. The van der Waals surface area contributed by atoms with Crippen LogP contribution < -0.4 is 10.0 Å². The number of nitrogens with zero attached hydrogens (tertiary/aromatic N) is 1. The second-order valence-corrected chi connectivity index (χ2v) is 5.03. The molecule has 0 radical (unpaired) electrons. The van der Waals surface area contributed by atoms with E-state index in [-0.39, 0.29) is 11.4 Å². The first-order chi connectivity index (χ1) is 8.11. The lowest BCUT2D eigenvalue weighted by Gasteiger charge is -2.11. The van der Waals surface area contributed by atoms with Crippen molar-refractivity contribution < 1.29 is 13.2 Å². The molecule has 0 saturated carbocycles. The van der Waals surface area contributed by atoms with Crippen LogP contribution in [0, 0.1) is 0 Å². The van der Waals surface area contributed by atoms with E-state index in [0.717, 1.165) is 0 Å². The predicted octanol–water partition coefficient (Wildman–Crippen LogP) is 0.438. The average Bonchev–Trinajstić information content (AvgIpc) is 2.30. The Labute approximate surface area is 101 Å². The van der Waals surface area contributed by atoms with Crippen molar-refractivity contribution in [2.45, 2.75) is 11.8 Å². The Kier molecular flexibility index (Phi) is 5.33. The molecule has 0 aliphatic rings. The fraction of sp³-hybridized carbons (Fsp3) is 0.500. The van der Waals surface area contributed by atoms with E-state index >= 15 is 0 Å². The van der Waals surface area contributed by atoms with Crippen molar-refractivity contribution in [3.63, 3.8) is 0 Å². The third-order valence-corrected chi connectivity index (χ3v) is 3.53. The van der Waals surface area contributed by atoms with Gasteiger partial charge < -0.3 is 10.1 Å². The maximum absolute atomic E-state index is 12.0. The molecule has 0 unspecified atom stereocenters. The molecule has 0 amide bonds. The van der Waals surface area contributed by atoms with Gasteiger partial charge in [-0.25, -0.2) is 13.1 Å². The van der Waals surface area contributed by atoms with Crippen molar-refractivity contribution in [1.82, 2.24) is 9.71 Å². The van der Waals surface area contributed by atoms with E-state index in [9.17, 15) is 8.42 Å². The Hall–Kier alpha value is -1.18. The molecule has 1 aromatic heterocycles. The average molecular weight is 259 g/mol. The van der Waals surface area contributed by atoms with Crippen molar-refractivity contribution in [1.29, 1.82) is 0 Å². The predicted molar refractivity (Wildman–Crippen MR) is 65.5 cm³/mol. The number of rotatable bonds is 7. The zero-order valence-electron chi connectivity index (χ0n) is 9.93. The van der Waals surface area contributed by atoms with Crippen LogP contribution in [0.3, 0.4) is 0 Å². The maximum atomic E-state index is 12.0. The number of pyridine rings is 1. The molecule has 1 rings (SSSR count). The Balaban J connectivity index is 2.89. The first-order valence-corrected chi connectivity index (χ1v) is 6.76. The molecule has 0 saturated heterocycles. The zero-order valence-corrected chi connectivity index (χ0v) is 10.8. The van der Waals surface area contributed by atoms with Gasteiger partial charge >= 0.3 is 0 Å². The minimum absolute atomic E-state index is 0.151. The van der Waals surface area contributed by atoms with Gasteiger partial charge in [-0.2, -0.15) is 0 Å². The van der Waals surface area contributed by atoms with Crippen LogP contribution in [0.2, 0.25) is 0 Å². The fourth-order valence-corrected chi connectivity index (χ4v) is 2.42. The number of hydrogen-bond acceptors (Lipinski definition) is 5. The van der Waals surface area contributed by atoms with Gasteiger partial charge in [-0.05, 0) is 13.0 Å². The highest BCUT2D eigenvalue weighted by atomic mass is 32.2. The van der Waals surface area contributed by atoms with Crippen molar-refractivity contribution in [3.05, 3.63) is 18.5 Å². The third kappa shape index (κ3) is 3.95. The van der Waals surface area contributed by atoms with Crippen LogP contribution in [0.5, 0.6) is 0 Å². The SMILES string of the molecule is CCNc1ccncc1S(=O)(=O)NCCOC. The van der Waals surface area contributed by atoms with Gasteiger partial charge in [0.1, 0.15) is 4.90 Å². The summed E-state index contributed by atoms with van der Waals surface area (Å²) in [6, 6.07) is 1.63. The van der Waals surface area contributed by atoms with Crippen molar-refractivity contribution >= 4 is 15.7 Å². The van der Waals surface area contributed by atoms with Crippen LogP contribution in [0.25, 0.3) is 0 Å². The van der Waals surface area contributed by atoms with Gasteiger partial charge in [-0.3, -0.25) is 4.98 Å². The van der Waals surface area contributed by atoms with Crippen LogP contribution in [0.1, 0.15) is 6.92 Å². The van der Waals surface area contributed by atoms with Gasteiger partial charge in [-0.15, -0.1) is 0 Å². The lowest BCUT2D eigenvalue weighted by molar-refractivity contribution is 0.204. The maximum Gasteiger partial charge on any atom is 0.244 e. The van der Waals surface area contributed by atoms with Crippen LogP contribution >= 0.6 is 0 Å². The Morgan fingerprint density at radius 3 is 2.88 bits per heavy atom. The standard InChI is InChI=1S/C10H17N3O3S/c1-3-12-9-4-5-11-8-10(9)17(14,15)13-6-7-16-2/h4-5,8,13H,3,6-7H2,1-2H3,(H,11,12). The van der Waals surface area contributed by atoms with Crippen molar-refractivity contribution in [2.75, 3.05) is 32.1 Å². The number of ether oxygens (including phenoxy) is 1. The molecule has 0 atom stereocenters. The van der Waals surface area contributed by atoms with Crippen molar-refractivity contribution in [3.8, 4) is 0 Å². The summed E-state index contributed by atoms with van der Waals surface area (Å²) in [7, 11) is -2.02. The molecule has 17 heavy (non-hydrogen) atoms. The molecule has 96 valence electrons. The van der Waals surface area contributed by atoms with E-state index in [2.05, 4.69) is 15.0 Å². The highest BCUT2D eigenvalue weighted by Crippen LogP contribution is 2.18. The summed E-state index contributed by atoms with van der Waals surface area (Å²) < 4.78 is 31.1. The molecular weight excluding hydrogens is 242 g/mol. The molecule has 0 spiro atoms. The Morgan fingerprint density at radius 2 is 2.24 bits per heavy atom. The van der Waals surface area contributed by atoms with Crippen LogP contribution in [-0.4, -0.2) is 40.2 Å². The number of anilines is 1. The summed E-state index contributed by atoms with van der Waals surface area (Å²) >= 11 is 0. The molecule has 0 aliphatic carbocycles. The van der Waals surface area contributed by atoms with E-state index in [4.69, 9.17) is 4.74 Å². The summed E-state index contributed by atoms with van der Waals surface area (Å²) in [6.07, 6.45) is 2.87. The van der Waals surface area contributed by atoms with E-state index in [1.165, 1.54) is 13.3 Å². The summed E-state index contributed by atoms with van der Waals surface area (Å²) in [4.78, 5) is 3.98. The molecule has 0 bridgehead atoms. The van der Waals surface area contributed by atoms with Crippen molar-refractivity contribution in [2.24, 2.45) is 0 Å². The smallest absolute Gasteiger partial charge is 0.244 e. The number of nitrogens with one attached hydrogen (secondary N) is 2. The van der Waals surface area contributed by atoms with Crippen LogP contribution in [0.4, 0.5) is 5.69 Å². The summed E-state index contributed by atoms with van der Waals surface area (Å²) in [5, 5.41) is 2.98. The van der Waals surface area contributed by atoms with Gasteiger partial charge in [-0.1, -0.05) is 0 Å². The van der Waals surface area contributed by atoms with Gasteiger partial charge in [0.15, 0.2) is 0 Å².